The van der Waals surface area contributed by atoms with Crippen molar-refractivity contribution in [2.75, 3.05) is 19.6 Å². The molecular formula is C21H35BCl2O6. The average molecular weight is 465 g/mol. The molecule has 0 saturated carbocycles. The Labute approximate surface area is 192 Å². The van der Waals surface area contributed by atoms with Crippen LogP contribution in [0.1, 0.15) is 55.4 Å². The predicted molar refractivity (Wildman–Crippen MR) is 122 cm³/mol. The van der Waals surface area contributed by atoms with E-state index in [0.717, 1.165) is 0 Å². The summed E-state index contributed by atoms with van der Waals surface area (Å²) in [6.45, 7) is 14.8. The molecule has 0 N–H and O–H groups in total. The van der Waals surface area contributed by atoms with E-state index in [1.54, 1.807) is 39.7 Å². The van der Waals surface area contributed by atoms with Crippen LogP contribution in [0.15, 0.2) is 12.1 Å². The molecule has 172 valence electrons. The van der Waals surface area contributed by atoms with E-state index in [-0.39, 0.29) is 28.5 Å². The van der Waals surface area contributed by atoms with Crippen molar-refractivity contribution in [1.29, 1.82) is 0 Å². The third-order valence-corrected chi connectivity index (χ3v) is 4.71. The van der Waals surface area contributed by atoms with Crippen LogP contribution in [0.5, 0.6) is 0 Å². The van der Waals surface area contributed by atoms with Crippen LogP contribution in [0.25, 0.3) is 0 Å². The quantitative estimate of drug-likeness (QED) is 0.261. The van der Waals surface area contributed by atoms with Crippen LogP contribution in [0.2, 0.25) is 0 Å². The third-order valence-electron chi connectivity index (χ3n) is 4.71. The van der Waals surface area contributed by atoms with E-state index >= 15 is 0 Å². The van der Waals surface area contributed by atoms with Gasteiger partial charge < -0.3 is 18.8 Å². The van der Waals surface area contributed by atoms with Gasteiger partial charge in [0.05, 0.1) is 36.2 Å². The first kappa shape index (κ1) is 31.0. The zero-order valence-corrected chi connectivity index (χ0v) is 21.2. The fourth-order valence-electron chi connectivity index (χ4n) is 1.93. The van der Waals surface area contributed by atoms with Crippen molar-refractivity contribution in [3.05, 3.63) is 12.1 Å². The molecule has 1 saturated heterocycles. The third kappa shape index (κ3) is 9.74. The Morgan fingerprint density at radius 3 is 1.63 bits per heavy atom. The van der Waals surface area contributed by atoms with Crippen molar-refractivity contribution < 1.29 is 28.4 Å². The predicted octanol–water partition coefficient (Wildman–Crippen LogP) is 4.61. The summed E-state index contributed by atoms with van der Waals surface area (Å²) in [5.74, 6) is 3.44. The summed E-state index contributed by atoms with van der Waals surface area (Å²) < 4.78 is 20.8. The van der Waals surface area contributed by atoms with Gasteiger partial charge >= 0.3 is 19.1 Å². The van der Waals surface area contributed by atoms with Crippen LogP contribution in [0, 0.1) is 23.2 Å². The molecule has 0 aromatic rings. The molecule has 1 aliphatic rings. The van der Waals surface area contributed by atoms with Crippen LogP contribution < -0.4 is 0 Å². The average Bonchev–Trinajstić information content (AvgIpc) is 2.86. The molecule has 0 spiro atoms. The Morgan fingerprint density at radius 1 is 1.00 bits per heavy atom. The number of halogens is 2. The van der Waals surface area contributed by atoms with E-state index in [9.17, 15) is 9.59 Å². The van der Waals surface area contributed by atoms with E-state index in [2.05, 4.69) is 10.7 Å². The molecule has 0 bridgehead atoms. The maximum atomic E-state index is 11.5. The van der Waals surface area contributed by atoms with Crippen molar-refractivity contribution in [1.82, 2.24) is 0 Å². The zero-order valence-electron chi connectivity index (χ0n) is 19.7. The van der Waals surface area contributed by atoms with Gasteiger partial charge in [-0.05, 0) is 55.4 Å². The maximum absolute atomic E-state index is 11.5. The van der Waals surface area contributed by atoms with Gasteiger partial charge in [-0.15, -0.1) is 29.6 Å². The van der Waals surface area contributed by atoms with E-state index in [4.69, 9.17) is 43.7 Å². The number of carbonyl (C=O) groups excluding carboxylic acids is 2. The number of ether oxygens (including phenoxy) is 2. The zero-order chi connectivity index (χ0) is 24.4. The standard InChI is InChI=1S/C13H23BO4.C7H10O2.CH2Cl2/c1-11(2,10(15)16-7)8-9-14-17-12(3,4)13(5,6)18-14;1-5-7(2,3)6(8)9-4;2-1-3/h8-9H,1-7H3;1H,2-4H3;1H2/b9-8+;;. The van der Waals surface area contributed by atoms with Crippen molar-refractivity contribution >= 4 is 42.3 Å². The fraction of sp³-hybridized carbons (Fsp3) is 0.714. The molecule has 0 aromatic heterocycles. The lowest BCUT2D eigenvalue weighted by atomic mass is 9.83. The number of rotatable bonds is 4. The van der Waals surface area contributed by atoms with Crippen LogP contribution >= 0.6 is 23.2 Å². The first-order valence-corrected chi connectivity index (χ1v) is 10.4. The second-order valence-corrected chi connectivity index (χ2v) is 9.37. The normalized spacial score (nSPS) is 17.1. The molecule has 0 radical (unpaired) electrons. The molecule has 1 aliphatic heterocycles. The summed E-state index contributed by atoms with van der Waals surface area (Å²) in [6.07, 6.45) is 6.80. The molecule has 30 heavy (non-hydrogen) atoms. The van der Waals surface area contributed by atoms with E-state index in [0.29, 0.717) is 0 Å². The molecule has 1 rings (SSSR count). The summed E-state index contributed by atoms with van der Waals surface area (Å²) >= 11 is 9.53. The highest BCUT2D eigenvalue weighted by Crippen LogP contribution is 2.37. The maximum Gasteiger partial charge on any atom is 0.486 e. The van der Waals surface area contributed by atoms with Crippen LogP contribution in [-0.2, 0) is 28.4 Å². The molecule has 0 aliphatic carbocycles. The molecule has 0 atom stereocenters. The van der Waals surface area contributed by atoms with Gasteiger partial charge in [-0.2, -0.15) is 0 Å². The molecule has 9 heteroatoms. The second-order valence-electron chi connectivity index (χ2n) is 8.56. The van der Waals surface area contributed by atoms with Gasteiger partial charge in [0.15, 0.2) is 0 Å². The minimum atomic E-state index is -0.783. The summed E-state index contributed by atoms with van der Waals surface area (Å²) in [6, 6.07) is 0. The van der Waals surface area contributed by atoms with Crippen molar-refractivity contribution in [3.63, 3.8) is 0 Å². The Balaban J connectivity index is 0. The van der Waals surface area contributed by atoms with Gasteiger partial charge in [0.2, 0.25) is 0 Å². The van der Waals surface area contributed by atoms with Gasteiger partial charge in [-0.3, -0.25) is 9.59 Å². The van der Waals surface area contributed by atoms with Gasteiger partial charge in [0.25, 0.3) is 0 Å². The van der Waals surface area contributed by atoms with Crippen molar-refractivity contribution in [3.8, 4) is 12.3 Å². The smallest absolute Gasteiger partial charge is 0.468 e. The lowest BCUT2D eigenvalue weighted by Gasteiger charge is -2.32. The number of alkyl halides is 2. The van der Waals surface area contributed by atoms with Crippen molar-refractivity contribution in [2.45, 2.75) is 66.6 Å². The number of methoxy groups -OCH3 is 2. The highest BCUT2D eigenvalue weighted by Gasteiger charge is 2.50. The summed E-state index contributed by atoms with van der Waals surface area (Å²) in [4.78, 5) is 22.2. The van der Waals surface area contributed by atoms with E-state index in [1.807, 2.05) is 27.7 Å². The SMILES string of the molecule is C#CC(C)(C)C(=O)OC.COC(=O)C(C)(C)/C=C/B1OC(C)(C)C(C)(C)O1.ClCCl. The van der Waals surface area contributed by atoms with E-state index < -0.39 is 17.9 Å². The molecule has 0 amide bonds. The Kier molecular flexibility index (Phi) is 13.0. The summed E-state index contributed by atoms with van der Waals surface area (Å²) in [5, 5.41) is 0.194. The lowest BCUT2D eigenvalue weighted by molar-refractivity contribution is -0.148. The van der Waals surface area contributed by atoms with Gasteiger partial charge in [-0.1, -0.05) is 18.0 Å². The number of terminal acetylenes is 1. The number of hydrogen-bond acceptors (Lipinski definition) is 6. The second kappa shape index (κ2) is 12.6. The molecule has 1 fully saturated rings. The van der Waals surface area contributed by atoms with Crippen molar-refractivity contribution in [2.24, 2.45) is 10.8 Å². The Morgan fingerprint density at radius 2 is 1.37 bits per heavy atom. The molecule has 0 unspecified atom stereocenters. The summed E-state index contributed by atoms with van der Waals surface area (Å²) in [5.41, 5.74) is -2.19. The Hall–Kier alpha value is -1.20. The van der Waals surface area contributed by atoms with Gasteiger partial charge in [0, 0.05) is 0 Å². The first-order valence-electron chi connectivity index (χ1n) is 9.29. The number of carbonyl (C=O) groups is 2. The molecular weight excluding hydrogens is 430 g/mol. The molecule has 1 heterocycles. The van der Waals surface area contributed by atoms with Gasteiger partial charge in [-0.25, -0.2) is 0 Å². The summed E-state index contributed by atoms with van der Waals surface area (Å²) in [7, 11) is 2.27. The molecule has 6 nitrogen and oxygen atoms in total. The number of esters is 2. The minimum absolute atomic E-state index is 0.194. The molecule has 0 aromatic carbocycles. The number of hydrogen-bond donors (Lipinski definition) is 0. The highest BCUT2D eigenvalue weighted by molar-refractivity contribution is 6.51. The fourth-order valence-corrected chi connectivity index (χ4v) is 1.93. The largest absolute Gasteiger partial charge is 0.486 e. The van der Waals surface area contributed by atoms with E-state index in [1.165, 1.54) is 14.2 Å². The van der Waals surface area contributed by atoms with Crippen LogP contribution in [-0.4, -0.2) is 49.8 Å². The topological polar surface area (TPSA) is 71.1 Å². The highest BCUT2D eigenvalue weighted by atomic mass is 35.5. The lowest BCUT2D eigenvalue weighted by Crippen LogP contribution is -2.41. The van der Waals surface area contributed by atoms with Crippen LogP contribution in [0.3, 0.4) is 0 Å². The first-order chi connectivity index (χ1) is 13.5. The monoisotopic (exact) mass is 464 g/mol. The minimum Gasteiger partial charge on any atom is -0.468 e. The van der Waals surface area contributed by atoms with Gasteiger partial charge in [0.1, 0.15) is 5.41 Å². The van der Waals surface area contributed by atoms with Crippen LogP contribution in [0.4, 0.5) is 0 Å². The Bertz CT molecular complexity index is 620.